The second-order valence-electron chi connectivity index (χ2n) is 3.34. The smallest absolute Gasteiger partial charge is 0.311 e. The highest BCUT2D eigenvalue weighted by molar-refractivity contribution is 5.39. The number of rotatable bonds is 1. The van der Waals surface area contributed by atoms with Gasteiger partial charge < -0.3 is 4.98 Å². The second kappa shape index (κ2) is 2.73. The van der Waals surface area contributed by atoms with Crippen molar-refractivity contribution in [3.63, 3.8) is 0 Å². The van der Waals surface area contributed by atoms with Gasteiger partial charge in [0, 0.05) is 24.2 Å². The van der Waals surface area contributed by atoms with Gasteiger partial charge in [-0.1, -0.05) is 13.8 Å². The number of aromatic amines is 1. The molecular weight excluding hydrogens is 166 g/mol. The van der Waals surface area contributed by atoms with Crippen molar-refractivity contribution in [2.45, 2.75) is 19.8 Å². The zero-order valence-corrected chi connectivity index (χ0v) is 7.61. The van der Waals surface area contributed by atoms with Gasteiger partial charge in [0.15, 0.2) is 0 Å². The summed E-state index contributed by atoms with van der Waals surface area (Å²) in [5.74, 6) is 0.314. The standard InChI is InChI=1S/C9H11N3O/c1-6(2)7-5-8-10-3-4-12(8)9(13)11-7/h3-6H,1-2H3,(H,11,13). The minimum atomic E-state index is -0.126. The summed E-state index contributed by atoms with van der Waals surface area (Å²) in [6, 6.07) is 1.89. The van der Waals surface area contributed by atoms with Gasteiger partial charge in [-0.2, -0.15) is 0 Å². The van der Waals surface area contributed by atoms with Crippen LogP contribution in [0.15, 0.2) is 23.3 Å². The van der Waals surface area contributed by atoms with E-state index in [0.717, 1.165) is 5.69 Å². The van der Waals surface area contributed by atoms with Gasteiger partial charge in [0.1, 0.15) is 5.65 Å². The third-order valence-electron chi connectivity index (χ3n) is 2.05. The molecular formula is C9H11N3O. The molecule has 4 nitrogen and oxygen atoms in total. The van der Waals surface area contributed by atoms with E-state index in [9.17, 15) is 4.79 Å². The van der Waals surface area contributed by atoms with Gasteiger partial charge in [0.05, 0.1) is 0 Å². The maximum Gasteiger partial charge on any atom is 0.331 e. The van der Waals surface area contributed by atoms with E-state index in [1.165, 1.54) is 4.40 Å². The lowest BCUT2D eigenvalue weighted by Gasteiger charge is -2.04. The Bertz CT molecular complexity index is 481. The first-order valence-corrected chi connectivity index (χ1v) is 4.25. The fraction of sp³-hybridized carbons (Fsp3) is 0.333. The van der Waals surface area contributed by atoms with Crippen molar-refractivity contribution >= 4 is 5.65 Å². The quantitative estimate of drug-likeness (QED) is 0.710. The lowest BCUT2D eigenvalue weighted by Crippen LogP contribution is -2.17. The van der Waals surface area contributed by atoms with Crippen LogP contribution in [0.4, 0.5) is 0 Å². The largest absolute Gasteiger partial charge is 0.331 e. The van der Waals surface area contributed by atoms with Crippen LogP contribution in [0.1, 0.15) is 25.5 Å². The molecule has 0 aliphatic heterocycles. The van der Waals surface area contributed by atoms with Crippen molar-refractivity contribution in [3.8, 4) is 0 Å². The SMILES string of the molecule is CC(C)c1cc2nccn2c(=O)[nH]1. The van der Waals surface area contributed by atoms with Crippen LogP contribution in [0, 0.1) is 0 Å². The Morgan fingerprint density at radius 1 is 1.54 bits per heavy atom. The molecule has 0 atom stereocenters. The number of H-pyrrole nitrogens is 1. The number of hydrogen-bond acceptors (Lipinski definition) is 2. The van der Waals surface area contributed by atoms with Crippen molar-refractivity contribution < 1.29 is 0 Å². The summed E-state index contributed by atoms with van der Waals surface area (Å²) < 4.78 is 1.49. The van der Waals surface area contributed by atoms with Crippen LogP contribution in [0.3, 0.4) is 0 Å². The molecule has 0 saturated carbocycles. The predicted molar refractivity (Wildman–Crippen MR) is 49.9 cm³/mol. The van der Waals surface area contributed by atoms with E-state index in [0.29, 0.717) is 11.6 Å². The van der Waals surface area contributed by atoms with E-state index < -0.39 is 0 Å². The number of hydrogen-bond donors (Lipinski definition) is 1. The molecule has 0 bridgehead atoms. The molecule has 0 fully saturated rings. The Labute approximate surface area is 75.2 Å². The van der Waals surface area contributed by atoms with Crippen LogP contribution < -0.4 is 5.69 Å². The fourth-order valence-electron chi connectivity index (χ4n) is 1.26. The first-order valence-electron chi connectivity index (χ1n) is 4.25. The fourth-order valence-corrected chi connectivity index (χ4v) is 1.26. The van der Waals surface area contributed by atoms with Gasteiger partial charge in [-0.05, 0) is 5.92 Å². The molecule has 0 spiro atoms. The molecule has 2 heterocycles. The molecule has 13 heavy (non-hydrogen) atoms. The topological polar surface area (TPSA) is 50.2 Å². The molecule has 2 aromatic rings. The summed E-state index contributed by atoms with van der Waals surface area (Å²) >= 11 is 0. The van der Waals surface area contributed by atoms with Crippen LogP contribution in [-0.2, 0) is 0 Å². The van der Waals surface area contributed by atoms with E-state index in [1.54, 1.807) is 12.4 Å². The van der Waals surface area contributed by atoms with Gasteiger partial charge in [-0.25, -0.2) is 9.78 Å². The predicted octanol–water partition coefficient (Wildman–Crippen LogP) is 1.15. The second-order valence-corrected chi connectivity index (χ2v) is 3.34. The summed E-state index contributed by atoms with van der Waals surface area (Å²) in [7, 11) is 0. The number of nitrogens with one attached hydrogen (secondary N) is 1. The molecule has 4 heteroatoms. The van der Waals surface area contributed by atoms with Gasteiger partial charge in [-0.15, -0.1) is 0 Å². The van der Waals surface area contributed by atoms with Gasteiger partial charge >= 0.3 is 5.69 Å². The molecule has 2 rings (SSSR count). The van der Waals surface area contributed by atoms with E-state index in [1.807, 2.05) is 19.9 Å². The Morgan fingerprint density at radius 2 is 2.31 bits per heavy atom. The molecule has 0 unspecified atom stereocenters. The molecule has 0 amide bonds. The van der Waals surface area contributed by atoms with Crippen molar-refractivity contribution in [2.24, 2.45) is 0 Å². The Hall–Kier alpha value is -1.58. The Morgan fingerprint density at radius 3 is 3.00 bits per heavy atom. The minimum absolute atomic E-state index is 0.126. The summed E-state index contributed by atoms with van der Waals surface area (Å²) in [6.45, 7) is 4.06. The van der Waals surface area contributed by atoms with Gasteiger partial charge in [0.25, 0.3) is 0 Å². The van der Waals surface area contributed by atoms with Crippen molar-refractivity contribution in [3.05, 3.63) is 34.6 Å². The van der Waals surface area contributed by atoms with Crippen LogP contribution in [0.5, 0.6) is 0 Å². The zero-order valence-electron chi connectivity index (χ0n) is 7.61. The normalized spacial score (nSPS) is 11.3. The monoisotopic (exact) mass is 177 g/mol. The highest BCUT2D eigenvalue weighted by Gasteiger charge is 2.04. The van der Waals surface area contributed by atoms with Crippen LogP contribution in [0.2, 0.25) is 0 Å². The maximum atomic E-state index is 11.4. The molecule has 0 aliphatic carbocycles. The van der Waals surface area contributed by atoms with Gasteiger partial charge in [0.2, 0.25) is 0 Å². The molecule has 0 saturated heterocycles. The number of aromatic nitrogens is 3. The molecule has 0 aliphatic rings. The average molecular weight is 177 g/mol. The van der Waals surface area contributed by atoms with Gasteiger partial charge in [-0.3, -0.25) is 4.40 Å². The van der Waals surface area contributed by atoms with E-state index in [-0.39, 0.29) is 5.69 Å². The summed E-state index contributed by atoms with van der Waals surface area (Å²) in [5, 5.41) is 0. The molecule has 1 N–H and O–H groups in total. The van der Waals surface area contributed by atoms with Crippen LogP contribution in [-0.4, -0.2) is 14.4 Å². The number of imidazole rings is 1. The third kappa shape index (κ3) is 1.24. The van der Waals surface area contributed by atoms with Crippen molar-refractivity contribution in [1.29, 1.82) is 0 Å². The van der Waals surface area contributed by atoms with Crippen LogP contribution in [0.25, 0.3) is 5.65 Å². The first kappa shape index (κ1) is 8.04. The van der Waals surface area contributed by atoms with Crippen molar-refractivity contribution in [1.82, 2.24) is 14.4 Å². The third-order valence-corrected chi connectivity index (χ3v) is 2.05. The average Bonchev–Trinajstić information content (AvgIpc) is 2.51. The zero-order chi connectivity index (χ0) is 9.42. The maximum absolute atomic E-state index is 11.4. The Kier molecular flexibility index (Phi) is 1.69. The molecule has 0 aromatic carbocycles. The van der Waals surface area contributed by atoms with E-state index >= 15 is 0 Å². The molecule has 68 valence electrons. The Balaban J connectivity index is 2.77. The number of nitrogens with zero attached hydrogens (tertiary/aromatic N) is 2. The highest BCUT2D eigenvalue weighted by atomic mass is 16.1. The lowest BCUT2D eigenvalue weighted by molar-refractivity contribution is 0.797. The van der Waals surface area contributed by atoms with E-state index in [4.69, 9.17) is 0 Å². The lowest BCUT2D eigenvalue weighted by atomic mass is 10.1. The highest BCUT2D eigenvalue weighted by Crippen LogP contribution is 2.10. The summed E-state index contributed by atoms with van der Waals surface area (Å²) in [6.07, 6.45) is 3.27. The van der Waals surface area contributed by atoms with Crippen LogP contribution >= 0.6 is 0 Å². The van der Waals surface area contributed by atoms with E-state index in [2.05, 4.69) is 9.97 Å². The summed E-state index contributed by atoms with van der Waals surface area (Å²) in [4.78, 5) is 18.3. The molecule has 0 radical (unpaired) electrons. The first-order chi connectivity index (χ1) is 6.18. The minimum Gasteiger partial charge on any atom is -0.311 e. The van der Waals surface area contributed by atoms with Crippen molar-refractivity contribution in [2.75, 3.05) is 0 Å². The number of fused-ring (bicyclic) bond motifs is 1. The molecule has 2 aromatic heterocycles. The summed E-state index contributed by atoms with van der Waals surface area (Å²) in [5.41, 5.74) is 1.50.